The van der Waals surface area contributed by atoms with E-state index < -0.39 is 11.9 Å². The van der Waals surface area contributed by atoms with Gasteiger partial charge < -0.3 is 20.5 Å². The van der Waals surface area contributed by atoms with Gasteiger partial charge in [-0.15, -0.1) is 0 Å². The summed E-state index contributed by atoms with van der Waals surface area (Å²) in [5.74, 6) is -0.728. The summed E-state index contributed by atoms with van der Waals surface area (Å²) in [7, 11) is 0. The van der Waals surface area contributed by atoms with Gasteiger partial charge in [0, 0.05) is 24.9 Å². The monoisotopic (exact) mass is 317 g/mol. The van der Waals surface area contributed by atoms with E-state index >= 15 is 0 Å². The van der Waals surface area contributed by atoms with E-state index in [0.717, 1.165) is 0 Å². The number of ether oxygens (including phenoxy) is 1. The van der Waals surface area contributed by atoms with E-state index in [1.165, 1.54) is 6.20 Å². The van der Waals surface area contributed by atoms with Gasteiger partial charge in [-0.1, -0.05) is 0 Å². The van der Waals surface area contributed by atoms with Gasteiger partial charge in [0.15, 0.2) is 0 Å². The minimum Gasteiger partial charge on any atom is -0.494 e. The average Bonchev–Trinajstić information content (AvgIpc) is 2.52. The molecule has 0 atom stereocenters. The molecule has 0 heterocycles. The zero-order valence-corrected chi connectivity index (χ0v) is 12.8. The first-order valence-corrected chi connectivity index (χ1v) is 7.16. The fourth-order valence-corrected chi connectivity index (χ4v) is 1.66. The Balaban J connectivity index is 2.52. The summed E-state index contributed by atoms with van der Waals surface area (Å²) in [5, 5.41) is 22.9. The van der Waals surface area contributed by atoms with E-state index in [4.69, 9.17) is 15.1 Å². The van der Waals surface area contributed by atoms with Crippen LogP contribution in [0.2, 0.25) is 0 Å². The lowest BCUT2D eigenvalue weighted by Crippen LogP contribution is -2.17. The fourth-order valence-electron chi connectivity index (χ4n) is 1.66. The Morgan fingerprint density at radius 2 is 2.04 bits per heavy atom. The van der Waals surface area contributed by atoms with E-state index in [0.29, 0.717) is 31.0 Å². The fraction of sp³-hybridized carbons (Fsp3) is 0.312. The molecular formula is C16H19N3O4. The number of nitrogens with one attached hydrogen (secondary N) is 2. The summed E-state index contributed by atoms with van der Waals surface area (Å²) in [5.41, 5.74) is 0.458. The topological polar surface area (TPSA) is 111 Å². The Morgan fingerprint density at radius 1 is 1.35 bits per heavy atom. The standard InChI is InChI=1S/C16H19N3O4/c1-2-23-14-7-5-13(6-8-14)19-16(22)12(10-17)11-18-9-3-4-15(20)21/h5-8,11,18H,2-4,9H2,1H3,(H,19,22)(H,20,21)/b12-11-. The van der Waals surface area contributed by atoms with Crippen LogP contribution in [-0.4, -0.2) is 30.1 Å². The highest BCUT2D eigenvalue weighted by Crippen LogP contribution is 2.16. The Hall–Kier alpha value is -3.01. The first-order valence-electron chi connectivity index (χ1n) is 7.16. The van der Waals surface area contributed by atoms with Crippen molar-refractivity contribution in [1.82, 2.24) is 5.32 Å². The van der Waals surface area contributed by atoms with E-state index in [-0.39, 0.29) is 12.0 Å². The number of nitriles is 1. The van der Waals surface area contributed by atoms with Crippen LogP contribution in [0.25, 0.3) is 0 Å². The van der Waals surface area contributed by atoms with E-state index in [9.17, 15) is 9.59 Å². The average molecular weight is 317 g/mol. The molecule has 0 aliphatic rings. The van der Waals surface area contributed by atoms with Crippen LogP contribution >= 0.6 is 0 Å². The molecule has 0 bridgehead atoms. The van der Waals surface area contributed by atoms with Crippen molar-refractivity contribution in [1.29, 1.82) is 5.26 Å². The molecule has 7 nitrogen and oxygen atoms in total. The molecular weight excluding hydrogens is 298 g/mol. The van der Waals surface area contributed by atoms with Crippen LogP contribution in [0, 0.1) is 11.3 Å². The molecule has 1 aromatic rings. The molecule has 1 amide bonds. The molecule has 0 saturated carbocycles. The number of nitrogens with zero attached hydrogens (tertiary/aromatic N) is 1. The van der Waals surface area contributed by atoms with Crippen molar-refractivity contribution in [2.45, 2.75) is 19.8 Å². The van der Waals surface area contributed by atoms with E-state index in [1.54, 1.807) is 30.3 Å². The first-order chi connectivity index (χ1) is 11.1. The zero-order chi connectivity index (χ0) is 17.1. The SMILES string of the molecule is CCOc1ccc(NC(=O)/C(C#N)=C\NCCCC(=O)O)cc1. The van der Waals surface area contributed by atoms with Gasteiger partial charge in [-0.2, -0.15) is 5.26 Å². The lowest BCUT2D eigenvalue weighted by atomic mass is 10.2. The molecule has 1 aromatic carbocycles. The minimum atomic E-state index is -0.885. The molecule has 0 aliphatic carbocycles. The highest BCUT2D eigenvalue weighted by molar-refractivity contribution is 6.06. The summed E-state index contributed by atoms with van der Waals surface area (Å²) >= 11 is 0. The third-order valence-electron chi connectivity index (χ3n) is 2.75. The number of aliphatic carboxylic acids is 1. The normalized spacial score (nSPS) is 10.5. The number of rotatable bonds is 9. The quantitative estimate of drug-likeness (QED) is 0.364. The largest absolute Gasteiger partial charge is 0.494 e. The Kier molecular flexibility index (Phi) is 7.72. The van der Waals surface area contributed by atoms with Gasteiger partial charge in [-0.3, -0.25) is 9.59 Å². The van der Waals surface area contributed by atoms with Crippen molar-refractivity contribution in [3.63, 3.8) is 0 Å². The second-order valence-electron chi connectivity index (χ2n) is 4.53. The number of hydrogen-bond donors (Lipinski definition) is 3. The Bertz CT molecular complexity index is 603. The van der Waals surface area contributed by atoms with Crippen molar-refractivity contribution < 1.29 is 19.4 Å². The van der Waals surface area contributed by atoms with E-state index in [1.807, 2.05) is 6.92 Å². The first kappa shape index (κ1) is 18.0. The summed E-state index contributed by atoms with van der Waals surface area (Å²) in [6, 6.07) is 8.60. The molecule has 3 N–H and O–H groups in total. The number of carboxylic acid groups (broad SMARTS) is 1. The molecule has 23 heavy (non-hydrogen) atoms. The van der Waals surface area contributed by atoms with Gasteiger partial charge in [0.05, 0.1) is 6.61 Å². The smallest absolute Gasteiger partial charge is 0.303 e. The molecule has 0 saturated heterocycles. The van der Waals surface area contributed by atoms with Crippen LogP contribution in [0.4, 0.5) is 5.69 Å². The maximum Gasteiger partial charge on any atom is 0.303 e. The number of carbonyl (C=O) groups is 2. The molecule has 0 radical (unpaired) electrons. The Labute approximate surface area is 134 Å². The molecule has 7 heteroatoms. The van der Waals surface area contributed by atoms with Crippen molar-refractivity contribution in [2.24, 2.45) is 0 Å². The van der Waals surface area contributed by atoms with Crippen LogP contribution in [0.3, 0.4) is 0 Å². The van der Waals surface area contributed by atoms with Gasteiger partial charge in [0.1, 0.15) is 17.4 Å². The lowest BCUT2D eigenvalue weighted by Gasteiger charge is -2.07. The van der Waals surface area contributed by atoms with Gasteiger partial charge in [0.25, 0.3) is 5.91 Å². The zero-order valence-electron chi connectivity index (χ0n) is 12.8. The van der Waals surface area contributed by atoms with Crippen LogP contribution < -0.4 is 15.4 Å². The van der Waals surface area contributed by atoms with Crippen LogP contribution in [-0.2, 0) is 9.59 Å². The summed E-state index contributed by atoms with van der Waals surface area (Å²) in [4.78, 5) is 22.3. The number of carbonyl (C=O) groups excluding carboxylic acids is 1. The number of hydrogen-bond acceptors (Lipinski definition) is 5. The predicted octanol–water partition coefficient (Wildman–Crippen LogP) is 1.89. The predicted molar refractivity (Wildman–Crippen MR) is 84.8 cm³/mol. The van der Waals surface area contributed by atoms with Crippen LogP contribution in [0.15, 0.2) is 36.0 Å². The summed E-state index contributed by atoms with van der Waals surface area (Å²) in [6.45, 7) is 2.80. The van der Waals surface area contributed by atoms with Crippen molar-refractivity contribution in [2.75, 3.05) is 18.5 Å². The molecule has 0 fully saturated rings. The second kappa shape index (κ2) is 9.84. The molecule has 1 rings (SSSR count). The minimum absolute atomic E-state index is 0.0289. The number of benzene rings is 1. The van der Waals surface area contributed by atoms with Crippen molar-refractivity contribution >= 4 is 17.6 Å². The molecule has 0 unspecified atom stereocenters. The highest BCUT2D eigenvalue weighted by atomic mass is 16.5. The Morgan fingerprint density at radius 3 is 2.61 bits per heavy atom. The maximum atomic E-state index is 12.0. The second-order valence-corrected chi connectivity index (χ2v) is 4.53. The highest BCUT2D eigenvalue weighted by Gasteiger charge is 2.09. The number of anilines is 1. The molecule has 0 aliphatic heterocycles. The summed E-state index contributed by atoms with van der Waals surface area (Å²) in [6.07, 6.45) is 1.72. The van der Waals surface area contributed by atoms with E-state index in [2.05, 4.69) is 10.6 Å². The molecule has 0 aromatic heterocycles. The number of carboxylic acids is 1. The third kappa shape index (κ3) is 7.00. The van der Waals surface area contributed by atoms with Gasteiger partial charge >= 0.3 is 5.97 Å². The van der Waals surface area contributed by atoms with Crippen molar-refractivity contribution in [3.8, 4) is 11.8 Å². The van der Waals surface area contributed by atoms with Crippen LogP contribution in [0.1, 0.15) is 19.8 Å². The third-order valence-corrected chi connectivity index (χ3v) is 2.75. The molecule has 0 spiro atoms. The molecule has 122 valence electrons. The van der Waals surface area contributed by atoms with Gasteiger partial charge in [-0.25, -0.2) is 0 Å². The lowest BCUT2D eigenvalue weighted by molar-refractivity contribution is -0.137. The number of amides is 1. The van der Waals surface area contributed by atoms with Gasteiger partial charge in [-0.05, 0) is 37.6 Å². The summed E-state index contributed by atoms with van der Waals surface area (Å²) < 4.78 is 5.30. The van der Waals surface area contributed by atoms with Gasteiger partial charge in [0.2, 0.25) is 0 Å². The van der Waals surface area contributed by atoms with Crippen LogP contribution in [0.5, 0.6) is 5.75 Å². The maximum absolute atomic E-state index is 12.0. The van der Waals surface area contributed by atoms with Crippen molar-refractivity contribution in [3.05, 3.63) is 36.0 Å².